The fourth-order valence-electron chi connectivity index (χ4n) is 10.5. The summed E-state index contributed by atoms with van der Waals surface area (Å²) in [4.78, 5) is 51.3. The summed E-state index contributed by atoms with van der Waals surface area (Å²) < 4.78 is 24.2. The molecule has 4 aliphatic carbocycles. The third-order valence-corrected chi connectivity index (χ3v) is 13.0. The summed E-state index contributed by atoms with van der Waals surface area (Å²) in [5, 5.41) is 0. The highest BCUT2D eigenvalue weighted by atomic mass is 16.6. The van der Waals surface area contributed by atoms with Gasteiger partial charge in [0.1, 0.15) is 18.3 Å². The summed E-state index contributed by atoms with van der Waals surface area (Å²) >= 11 is 0. The van der Waals surface area contributed by atoms with Crippen molar-refractivity contribution in [1.29, 1.82) is 0 Å². The third-order valence-electron chi connectivity index (χ3n) is 13.0. The molecule has 10 nitrogen and oxygen atoms in total. The van der Waals surface area contributed by atoms with Gasteiger partial charge in [0.05, 0.1) is 19.4 Å². The molecule has 4 N–H and O–H groups in total. The first kappa shape index (κ1) is 38.6. The number of fused-ring (bicyclic) bond motifs is 5. The molecule has 0 unspecified atom stereocenters. The topological polar surface area (TPSA) is 157 Å². The number of hydrogen-bond acceptors (Lipinski definition) is 10. The van der Waals surface area contributed by atoms with Crippen LogP contribution in [0.4, 0.5) is 0 Å². The van der Waals surface area contributed by atoms with Gasteiger partial charge in [-0.05, 0) is 99.2 Å². The number of nitrogens with two attached hydrogens (primary N) is 2. The number of esters is 4. The van der Waals surface area contributed by atoms with Crippen molar-refractivity contribution in [2.24, 2.45) is 57.8 Å². The molecule has 0 spiro atoms. The van der Waals surface area contributed by atoms with Gasteiger partial charge in [-0.15, -0.1) is 0 Å². The molecule has 0 aromatic heterocycles. The van der Waals surface area contributed by atoms with Gasteiger partial charge < -0.3 is 30.4 Å². The fourth-order valence-corrected chi connectivity index (χ4v) is 10.5. The van der Waals surface area contributed by atoms with Crippen molar-refractivity contribution in [1.82, 2.24) is 0 Å². The molecule has 11 atom stereocenters. The Kier molecular flexibility index (Phi) is 13.8. The maximum Gasteiger partial charge on any atom is 0.307 e. The summed E-state index contributed by atoms with van der Waals surface area (Å²) in [5.41, 5.74) is 11.0. The molecule has 10 heteroatoms. The quantitative estimate of drug-likeness (QED) is 0.115. The number of ether oxygens (including phenoxy) is 4. The van der Waals surface area contributed by atoms with E-state index in [0.717, 1.165) is 57.8 Å². The van der Waals surface area contributed by atoms with Crippen molar-refractivity contribution in [2.75, 3.05) is 19.7 Å². The van der Waals surface area contributed by atoms with Crippen LogP contribution in [0.25, 0.3) is 0 Å². The summed E-state index contributed by atoms with van der Waals surface area (Å²) in [5.74, 6) is 0.314. The summed E-state index contributed by atoms with van der Waals surface area (Å²) in [7, 11) is 0. The molecular formula is C38H64N2O8. The second kappa shape index (κ2) is 17.1. The van der Waals surface area contributed by atoms with Gasteiger partial charge in [0.25, 0.3) is 0 Å². The van der Waals surface area contributed by atoms with Crippen LogP contribution in [0.3, 0.4) is 0 Å². The average molecular weight is 677 g/mol. The van der Waals surface area contributed by atoms with Gasteiger partial charge in [0.15, 0.2) is 0 Å². The Morgan fingerprint density at radius 1 is 0.771 bits per heavy atom. The summed E-state index contributed by atoms with van der Waals surface area (Å²) in [6.45, 7) is 11.9. The highest BCUT2D eigenvalue weighted by molar-refractivity contribution is 5.71. The standard InChI is InChI=1S/C38H64N2O8/c1-6-8-20-45-32(41)13-10-24(3)27-11-12-28-36-29(23-31(38(27,28)5)48-35(44)16-19-40)37(4)17-14-26(46-34(43)15-18-39)21-25(37)22-30(36)47-33(42)9-7-2/h24-31,36H,6-23,39-40H2,1-5H3/t24-,25+,26-,27-,28+,29+,30-,31+,36+,37+,38-/m1/s1. The number of carbonyl (C=O) groups is 4. The van der Waals surface area contributed by atoms with Crippen LogP contribution in [0.5, 0.6) is 0 Å². The van der Waals surface area contributed by atoms with E-state index in [1.165, 1.54) is 0 Å². The molecule has 4 rings (SSSR count). The van der Waals surface area contributed by atoms with Gasteiger partial charge in [-0.1, -0.05) is 41.0 Å². The minimum atomic E-state index is -0.343. The van der Waals surface area contributed by atoms with E-state index < -0.39 is 0 Å². The molecule has 48 heavy (non-hydrogen) atoms. The van der Waals surface area contributed by atoms with Crippen molar-refractivity contribution in [2.45, 2.75) is 149 Å². The van der Waals surface area contributed by atoms with Gasteiger partial charge in [-0.25, -0.2) is 0 Å². The Bertz CT molecular complexity index is 1120. The third kappa shape index (κ3) is 8.39. The Balaban J connectivity index is 1.65. The summed E-state index contributed by atoms with van der Waals surface area (Å²) in [6, 6.07) is 0. The highest BCUT2D eigenvalue weighted by Gasteiger charge is 2.67. The van der Waals surface area contributed by atoms with Crippen LogP contribution in [0, 0.1) is 46.3 Å². The predicted molar refractivity (Wildman–Crippen MR) is 182 cm³/mol. The van der Waals surface area contributed by atoms with E-state index in [1.807, 2.05) is 6.92 Å². The molecule has 4 saturated carbocycles. The molecule has 0 amide bonds. The van der Waals surface area contributed by atoms with Crippen LogP contribution in [0.2, 0.25) is 0 Å². The van der Waals surface area contributed by atoms with E-state index in [9.17, 15) is 19.2 Å². The van der Waals surface area contributed by atoms with Gasteiger partial charge in [0, 0.05) is 37.3 Å². The lowest BCUT2D eigenvalue weighted by Crippen LogP contribution is -2.63. The van der Waals surface area contributed by atoms with Crippen LogP contribution in [0.15, 0.2) is 0 Å². The number of unbranched alkanes of at least 4 members (excludes halogenated alkanes) is 1. The van der Waals surface area contributed by atoms with E-state index in [4.69, 9.17) is 30.4 Å². The normalized spacial score (nSPS) is 36.1. The molecule has 0 radical (unpaired) electrons. The molecule has 274 valence electrons. The fraction of sp³-hybridized carbons (Fsp3) is 0.895. The van der Waals surface area contributed by atoms with Gasteiger partial charge in [-0.3, -0.25) is 19.2 Å². The molecule has 0 aliphatic heterocycles. The maximum atomic E-state index is 13.2. The monoisotopic (exact) mass is 676 g/mol. The van der Waals surface area contributed by atoms with Gasteiger partial charge in [-0.2, -0.15) is 0 Å². The van der Waals surface area contributed by atoms with Gasteiger partial charge >= 0.3 is 23.9 Å². The molecule has 4 fully saturated rings. The maximum absolute atomic E-state index is 13.2. The first-order chi connectivity index (χ1) is 22.9. The molecule has 0 bridgehead atoms. The van der Waals surface area contributed by atoms with Gasteiger partial charge in [0.2, 0.25) is 0 Å². The molecule has 4 aliphatic rings. The van der Waals surface area contributed by atoms with Crippen molar-refractivity contribution in [3.63, 3.8) is 0 Å². The Hall–Kier alpha value is -2.20. The molecular weight excluding hydrogens is 612 g/mol. The number of hydrogen-bond donors (Lipinski definition) is 2. The van der Waals surface area contributed by atoms with Crippen LogP contribution in [0.1, 0.15) is 131 Å². The summed E-state index contributed by atoms with van der Waals surface area (Å²) in [6.07, 6.45) is 9.44. The van der Waals surface area contributed by atoms with Crippen molar-refractivity contribution in [3.8, 4) is 0 Å². The zero-order valence-electron chi connectivity index (χ0n) is 30.3. The molecule has 0 heterocycles. The smallest absolute Gasteiger partial charge is 0.307 e. The minimum Gasteiger partial charge on any atom is -0.466 e. The Labute approximate surface area is 288 Å². The van der Waals surface area contributed by atoms with E-state index in [2.05, 4.69) is 27.7 Å². The largest absolute Gasteiger partial charge is 0.466 e. The van der Waals surface area contributed by atoms with E-state index >= 15 is 0 Å². The minimum absolute atomic E-state index is 0.0824. The average Bonchev–Trinajstić information content (AvgIpc) is 3.39. The Morgan fingerprint density at radius 3 is 2.12 bits per heavy atom. The lowest BCUT2D eigenvalue weighted by molar-refractivity contribution is -0.225. The predicted octanol–water partition coefficient (Wildman–Crippen LogP) is 5.86. The number of carbonyl (C=O) groups excluding carboxylic acids is 4. The first-order valence-corrected chi connectivity index (χ1v) is 19.1. The second-order valence-corrected chi connectivity index (χ2v) is 15.8. The van der Waals surface area contributed by atoms with E-state index in [-0.39, 0.29) is 114 Å². The highest BCUT2D eigenvalue weighted by Crippen LogP contribution is 2.69. The van der Waals surface area contributed by atoms with Crippen LogP contribution >= 0.6 is 0 Å². The van der Waals surface area contributed by atoms with Crippen molar-refractivity contribution in [3.05, 3.63) is 0 Å². The zero-order chi connectivity index (χ0) is 35.1. The first-order valence-electron chi connectivity index (χ1n) is 19.1. The van der Waals surface area contributed by atoms with Crippen LogP contribution in [-0.4, -0.2) is 61.9 Å². The number of rotatable bonds is 16. The molecule has 0 saturated heterocycles. The molecule has 0 aromatic carbocycles. The van der Waals surface area contributed by atoms with Crippen LogP contribution < -0.4 is 11.5 Å². The van der Waals surface area contributed by atoms with E-state index in [1.54, 1.807) is 0 Å². The molecule has 0 aromatic rings. The van der Waals surface area contributed by atoms with E-state index in [0.29, 0.717) is 32.3 Å². The van der Waals surface area contributed by atoms with Crippen molar-refractivity contribution >= 4 is 23.9 Å². The van der Waals surface area contributed by atoms with Crippen molar-refractivity contribution < 1.29 is 38.1 Å². The zero-order valence-corrected chi connectivity index (χ0v) is 30.3. The SMILES string of the molecule is CCCCOC(=O)CC[C@@H](C)[C@H]1CC[C@H]2[C@@H]3[C@H](OC(=O)CCC)C[C@@H]4C[C@H](OC(=O)CCN)CC[C@]4(C)[C@H]3C[C@H](OC(=O)CCN)[C@]12C. The lowest BCUT2D eigenvalue weighted by atomic mass is 9.43. The Morgan fingerprint density at radius 2 is 1.46 bits per heavy atom. The lowest BCUT2D eigenvalue weighted by Gasteiger charge is -2.64. The second-order valence-electron chi connectivity index (χ2n) is 15.8. The van der Waals surface area contributed by atoms with Crippen LogP contribution in [-0.2, 0) is 38.1 Å².